The van der Waals surface area contributed by atoms with E-state index in [2.05, 4.69) is 40.3 Å². The van der Waals surface area contributed by atoms with E-state index in [1.807, 2.05) is 0 Å². The Kier molecular flexibility index (Phi) is 2.73. The normalized spacial score (nSPS) is 55.3. The largest absolute Gasteiger partial charge is 0.0988 e. The average Bonchev–Trinajstić information content (AvgIpc) is 3.09. The predicted molar refractivity (Wildman–Crippen MR) is 90.0 cm³/mol. The molecule has 116 valence electrons. The van der Waals surface area contributed by atoms with Crippen molar-refractivity contribution in [2.45, 2.75) is 72.6 Å². The Labute approximate surface area is 131 Å². The summed E-state index contributed by atoms with van der Waals surface area (Å²) in [6, 6.07) is 0. The van der Waals surface area contributed by atoms with Crippen molar-refractivity contribution in [1.82, 2.24) is 0 Å². The minimum atomic E-state index is 0.410. The molecule has 0 aromatic carbocycles. The molecule has 4 rings (SSSR count). The lowest BCUT2D eigenvalue weighted by Crippen LogP contribution is -2.54. The van der Waals surface area contributed by atoms with E-state index in [0.29, 0.717) is 16.2 Å². The molecule has 0 heterocycles. The molecule has 0 N–H and O–H groups in total. The number of rotatable bonds is 1. The number of hydrogen-bond donors (Lipinski definition) is 0. The Balaban J connectivity index is 1.78. The molecule has 0 aromatic heterocycles. The van der Waals surface area contributed by atoms with Gasteiger partial charge in [0.15, 0.2) is 0 Å². The Morgan fingerprint density at radius 1 is 1.00 bits per heavy atom. The highest BCUT2D eigenvalue weighted by Gasteiger charge is 2.67. The SMILES string of the molecule is C=CC1=C(C)CC[C@@H]2[C@@]3(C)CC[C@H]4C[C@@]4(C)[C@@H]3CC[C@@]12C. The van der Waals surface area contributed by atoms with Gasteiger partial charge in [-0.1, -0.05) is 39.0 Å². The van der Waals surface area contributed by atoms with Crippen LogP contribution in [0, 0.1) is 34.0 Å². The van der Waals surface area contributed by atoms with E-state index in [1.165, 1.54) is 44.9 Å². The standard InChI is InChI=1S/C21H32/c1-6-16-14(2)7-8-17-19(16,3)12-10-18-20(17,4)11-9-15-13-21(15,18)5/h6,15,17-18H,1,7-13H2,2-5H3/t15-,17-,18+,19-,20+,21+/m0/s1. The summed E-state index contributed by atoms with van der Waals surface area (Å²) < 4.78 is 0. The first kappa shape index (κ1) is 14.1. The molecule has 0 heteroatoms. The second-order valence-corrected chi connectivity index (χ2v) is 9.45. The second-order valence-electron chi connectivity index (χ2n) is 9.45. The van der Waals surface area contributed by atoms with Crippen molar-refractivity contribution in [1.29, 1.82) is 0 Å². The fourth-order valence-corrected chi connectivity index (χ4v) is 7.53. The summed E-state index contributed by atoms with van der Waals surface area (Å²) >= 11 is 0. The molecule has 0 aliphatic heterocycles. The van der Waals surface area contributed by atoms with Gasteiger partial charge in [-0.25, -0.2) is 0 Å². The third kappa shape index (κ3) is 1.57. The van der Waals surface area contributed by atoms with Crippen molar-refractivity contribution >= 4 is 0 Å². The highest BCUT2D eigenvalue weighted by molar-refractivity contribution is 5.36. The van der Waals surface area contributed by atoms with Crippen molar-refractivity contribution in [3.63, 3.8) is 0 Å². The molecule has 0 bridgehead atoms. The van der Waals surface area contributed by atoms with Crippen molar-refractivity contribution < 1.29 is 0 Å². The molecule has 21 heavy (non-hydrogen) atoms. The lowest BCUT2D eigenvalue weighted by molar-refractivity contribution is -0.0982. The van der Waals surface area contributed by atoms with Crippen LogP contribution in [-0.2, 0) is 0 Å². The Bertz CT molecular complexity index is 526. The first-order chi connectivity index (χ1) is 9.86. The monoisotopic (exact) mass is 284 g/mol. The minimum absolute atomic E-state index is 0.410. The van der Waals surface area contributed by atoms with Gasteiger partial charge in [-0.3, -0.25) is 0 Å². The Morgan fingerprint density at radius 2 is 1.76 bits per heavy atom. The van der Waals surface area contributed by atoms with E-state index >= 15 is 0 Å². The van der Waals surface area contributed by atoms with E-state index < -0.39 is 0 Å². The summed E-state index contributed by atoms with van der Waals surface area (Å²) in [5, 5.41) is 0. The molecular weight excluding hydrogens is 252 g/mol. The molecule has 0 spiro atoms. The molecule has 0 amide bonds. The number of hydrogen-bond acceptors (Lipinski definition) is 0. The number of fused-ring (bicyclic) bond motifs is 5. The zero-order valence-electron chi connectivity index (χ0n) is 14.5. The maximum absolute atomic E-state index is 4.18. The van der Waals surface area contributed by atoms with Gasteiger partial charge < -0.3 is 0 Å². The van der Waals surface area contributed by atoms with E-state index in [-0.39, 0.29) is 0 Å². The molecule has 4 aliphatic rings. The van der Waals surface area contributed by atoms with Crippen LogP contribution >= 0.6 is 0 Å². The summed E-state index contributed by atoms with van der Waals surface area (Å²) in [6.07, 6.45) is 12.3. The molecule has 0 radical (unpaired) electrons. The molecular formula is C21H32. The van der Waals surface area contributed by atoms with E-state index in [1.54, 1.807) is 11.1 Å². The second kappa shape index (κ2) is 4.06. The zero-order valence-corrected chi connectivity index (χ0v) is 14.5. The van der Waals surface area contributed by atoms with E-state index in [0.717, 1.165) is 17.8 Å². The predicted octanol–water partition coefficient (Wildman–Crippen LogP) is 6.14. The summed E-state index contributed by atoms with van der Waals surface area (Å²) in [4.78, 5) is 0. The summed E-state index contributed by atoms with van der Waals surface area (Å²) in [5.74, 6) is 2.95. The van der Waals surface area contributed by atoms with Gasteiger partial charge in [0.1, 0.15) is 0 Å². The van der Waals surface area contributed by atoms with Crippen LogP contribution in [0.5, 0.6) is 0 Å². The van der Waals surface area contributed by atoms with Crippen LogP contribution in [0.15, 0.2) is 23.8 Å². The third-order valence-electron chi connectivity index (χ3n) is 8.69. The lowest BCUT2D eigenvalue weighted by atomic mass is 9.42. The molecule has 3 fully saturated rings. The van der Waals surface area contributed by atoms with Crippen molar-refractivity contribution in [2.24, 2.45) is 34.0 Å². The third-order valence-corrected chi connectivity index (χ3v) is 8.69. The molecule has 0 unspecified atom stereocenters. The average molecular weight is 284 g/mol. The van der Waals surface area contributed by atoms with Crippen LogP contribution in [-0.4, -0.2) is 0 Å². The highest BCUT2D eigenvalue weighted by Crippen LogP contribution is 2.76. The van der Waals surface area contributed by atoms with Crippen LogP contribution in [0.1, 0.15) is 72.6 Å². The van der Waals surface area contributed by atoms with Crippen LogP contribution in [0.4, 0.5) is 0 Å². The maximum Gasteiger partial charge on any atom is -0.00423 e. The molecule has 0 nitrogen and oxygen atoms in total. The smallest absolute Gasteiger partial charge is 0.00423 e. The Hall–Kier alpha value is -0.520. The van der Waals surface area contributed by atoms with E-state index in [9.17, 15) is 0 Å². The van der Waals surface area contributed by atoms with Gasteiger partial charge >= 0.3 is 0 Å². The maximum atomic E-state index is 4.18. The zero-order chi connectivity index (χ0) is 15.0. The lowest BCUT2D eigenvalue weighted by Gasteiger charge is -2.62. The Morgan fingerprint density at radius 3 is 2.48 bits per heavy atom. The van der Waals surface area contributed by atoms with Gasteiger partial charge in [-0.15, -0.1) is 0 Å². The summed E-state index contributed by atoms with van der Waals surface area (Å²) in [6.45, 7) is 14.4. The topological polar surface area (TPSA) is 0 Å². The van der Waals surface area contributed by atoms with Gasteiger partial charge in [-0.05, 0) is 91.4 Å². The van der Waals surface area contributed by atoms with Crippen molar-refractivity contribution in [2.75, 3.05) is 0 Å². The minimum Gasteiger partial charge on any atom is -0.0988 e. The quantitative estimate of drug-likeness (QED) is 0.542. The highest BCUT2D eigenvalue weighted by atomic mass is 14.7. The van der Waals surface area contributed by atoms with Crippen LogP contribution in [0.3, 0.4) is 0 Å². The van der Waals surface area contributed by atoms with Gasteiger partial charge in [0.2, 0.25) is 0 Å². The summed E-state index contributed by atoms with van der Waals surface area (Å²) in [5.41, 5.74) is 4.94. The molecule has 0 saturated heterocycles. The number of allylic oxidation sites excluding steroid dienone is 3. The first-order valence-corrected chi connectivity index (χ1v) is 9.19. The summed E-state index contributed by atoms with van der Waals surface area (Å²) in [7, 11) is 0. The molecule has 4 aliphatic carbocycles. The van der Waals surface area contributed by atoms with Crippen LogP contribution in [0.2, 0.25) is 0 Å². The van der Waals surface area contributed by atoms with Crippen LogP contribution in [0.25, 0.3) is 0 Å². The van der Waals surface area contributed by atoms with Crippen molar-refractivity contribution in [3.05, 3.63) is 23.8 Å². The van der Waals surface area contributed by atoms with Crippen molar-refractivity contribution in [3.8, 4) is 0 Å². The molecule has 3 saturated carbocycles. The fraction of sp³-hybridized carbons (Fsp3) is 0.810. The molecule has 6 atom stereocenters. The van der Waals surface area contributed by atoms with Gasteiger partial charge in [0.05, 0.1) is 0 Å². The van der Waals surface area contributed by atoms with Gasteiger partial charge in [0, 0.05) is 0 Å². The molecule has 0 aromatic rings. The van der Waals surface area contributed by atoms with Gasteiger partial charge in [0.25, 0.3) is 0 Å². The van der Waals surface area contributed by atoms with E-state index in [4.69, 9.17) is 0 Å². The van der Waals surface area contributed by atoms with Crippen LogP contribution < -0.4 is 0 Å². The van der Waals surface area contributed by atoms with Gasteiger partial charge in [-0.2, -0.15) is 0 Å². The first-order valence-electron chi connectivity index (χ1n) is 9.19. The fourth-order valence-electron chi connectivity index (χ4n) is 7.53.